The zero-order valence-corrected chi connectivity index (χ0v) is 19.5. The molecule has 0 heterocycles. The van der Waals surface area contributed by atoms with Crippen LogP contribution in [0.4, 0.5) is 11.4 Å². The van der Waals surface area contributed by atoms with Crippen molar-refractivity contribution in [2.24, 2.45) is 0 Å². The molecule has 3 aromatic carbocycles. The second-order valence-electron chi connectivity index (χ2n) is 7.88. The third-order valence-electron chi connectivity index (χ3n) is 5.21. The topological polar surface area (TPSA) is 93.7 Å². The molecule has 0 saturated heterocycles. The molecule has 0 fully saturated rings. The number of benzene rings is 3. The summed E-state index contributed by atoms with van der Waals surface area (Å²) < 4.78 is 10.3. The molecule has 7 nitrogen and oxygen atoms in total. The van der Waals surface area contributed by atoms with Gasteiger partial charge in [-0.3, -0.25) is 9.59 Å². The van der Waals surface area contributed by atoms with Crippen molar-refractivity contribution in [3.63, 3.8) is 0 Å². The molecule has 0 aliphatic rings. The van der Waals surface area contributed by atoms with E-state index in [9.17, 15) is 14.4 Å². The quantitative estimate of drug-likeness (QED) is 0.452. The highest BCUT2D eigenvalue weighted by Crippen LogP contribution is 2.19. The first-order chi connectivity index (χ1) is 16.4. The Morgan fingerprint density at radius 3 is 2.24 bits per heavy atom. The number of carbonyl (C=O) groups is 3. The van der Waals surface area contributed by atoms with E-state index in [1.54, 1.807) is 37.4 Å². The fourth-order valence-electron chi connectivity index (χ4n) is 3.38. The number of methoxy groups -OCH3 is 1. The molecule has 7 heteroatoms. The van der Waals surface area contributed by atoms with E-state index in [0.717, 1.165) is 22.4 Å². The molecule has 0 aliphatic carbocycles. The smallest absolute Gasteiger partial charge is 0.340 e. The molecule has 0 spiro atoms. The maximum absolute atomic E-state index is 12.6. The highest BCUT2D eigenvalue weighted by molar-refractivity contribution is 6.02. The van der Waals surface area contributed by atoms with Gasteiger partial charge in [0, 0.05) is 12.1 Å². The third kappa shape index (κ3) is 6.93. The number of esters is 1. The van der Waals surface area contributed by atoms with E-state index in [0.29, 0.717) is 17.8 Å². The maximum atomic E-state index is 12.6. The van der Waals surface area contributed by atoms with Gasteiger partial charge in [-0.05, 0) is 61.7 Å². The Labute approximate surface area is 199 Å². The molecule has 0 aromatic heterocycles. The van der Waals surface area contributed by atoms with Gasteiger partial charge in [-0.15, -0.1) is 0 Å². The summed E-state index contributed by atoms with van der Waals surface area (Å²) in [6.07, 6.45) is 0.787. The Kier molecular flexibility index (Phi) is 8.40. The molecule has 3 aromatic rings. The number of para-hydroxylation sites is 1. The monoisotopic (exact) mass is 460 g/mol. The SMILES string of the molecule is COc1ccc(CCC(=O)Nc2ccccc2C(=O)OCC(=O)Nc2ccc(C)cc2C)cc1. The molecule has 2 N–H and O–H groups in total. The van der Waals surface area contributed by atoms with Crippen LogP contribution in [0, 0.1) is 13.8 Å². The number of rotatable bonds is 9. The van der Waals surface area contributed by atoms with Gasteiger partial charge in [0.1, 0.15) is 5.75 Å². The molecule has 176 valence electrons. The summed E-state index contributed by atoms with van der Waals surface area (Å²) >= 11 is 0. The van der Waals surface area contributed by atoms with Crippen LogP contribution in [0.1, 0.15) is 33.5 Å². The Hall–Kier alpha value is -4.13. The Morgan fingerprint density at radius 1 is 0.824 bits per heavy atom. The molecule has 0 radical (unpaired) electrons. The second kappa shape index (κ2) is 11.7. The molecule has 0 atom stereocenters. The molecular weight excluding hydrogens is 432 g/mol. The first-order valence-electron chi connectivity index (χ1n) is 10.9. The molecule has 0 saturated carbocycles. The number of carbonyl (C=O) groups excluding carboxylic acids is 3. The average molecular weight is 461 g/mol. The molecule has 0 unspecified atom stereocenters. The molecular formula is C27H28N2O5. The lowest BCUT2D eigenvalue weighted by Gasteiger charge is -2.12. The molecule has 0 aliphatic heterocycles. The highest BCUT2D eigenvalue weighted by atomic mass is 16.5. The minimum absolute atomic E-state index is 0.180. The number of ether oxygens (including phenoxy) is 2. The number of anilines is 2. The zero-order chi connectivity index (χ0) is 24.5. The standard InChI is InChI=1S/C27H28N2O5/c1-18-8-14-23(19(2)16-18)28-26(31)17-34-27(32)22-6-4-5-7-24(22)29-25(30)15-11-20-9-12-21(33-3)13-10-20/h4-10,12-14,16H,11,15,17H2,1-3H3,(H,28,31)(H,29,30). The van der Waals surface area contributed by atoms with E-state index in [1.807, 2.05) is 50.2 Å². The number of aryl methyl sites for hydroxylation is 3. The maximum Gasteiger partial charge on any atom is 0.340 e. The number of hydrogen-bond acceptors (Lipinski definition) is 5. The zero-order valence-electron chi connectivity index (χ0n) is 19.5. The summed E-state index contributed by atoms with van der Waals surface area (Å²) in [5, 5.41) is 5.50. The third-order valence-corrected chi connectivity index (χ3v) is 5.21. The van der Waals surface area contributed by atoms with Crippen LogP contribution >= 0.6 is 0 Å². The predicted octanol–water partition coefficient (Wildman–Crippen LogP) is 4.68. The minimum Gasteiger partial charge on any atom is -0.497 e. The van der Waals surface area contributed by atoms with Gasteiger partial charge in [0.15, 0.2) is 6.61 Å². The summed E-state index contributed by atoms with van der Waals surface area (Å²) in [4.78, 5) is 37.3. The van der Waals surface area contributed by atoms with Crippen LogP contribution in [-0.2, 0) is 20.7 Å². The van der Waals surface area contributed by atoms with Gasteiger partial charge in [-0.1, -0.05) is 42.0 Å². The second-order valence-corrected chi connectivity index (χ2v) is 7.88. The lowest BCUT2D eigenvalue weighted by molar-refractivity contribution is -0.119. The van der Waals surface area contributed by atoms with Crippen molar-refractivity contribution < 1.29 is 23.9 Å². The fourth-order valence-corrected chi connectivity index (χ4v) is 3.38. The van der Waals surface area contributed by atoms with E-state index >= 15 is 0 Å². The van der Waals surface area contributed by atoms with Crippen molar-refractivity contribution in [3.8, 4) is 5.75 Å². The Balaban J connectivity index is 1.54. The van der Waals surface area contributed by atoms with Crippen molar-refractivity contribution in [3.05, 3.63) is 89.0 Å². The van der Waals surface area contributed by atoms with Crippen LogP contribution < -0.4 is 15.4 Å². The van der Waals surface area contributed by atoms with Crippen LogP contribution in [0.5, 0.6) is 5.75 Å². The van der Waals surface area contributed by atoms with E-state index in [1.165, 1.54) is 0 Å². The first kappa shape index (κ1) is 24.5. The van der Waals surface area contributed by atoms with Gasteiger partial charge in [0.25, 0.3) is 5.91 Å². The molecule has 3 rings (SSSR count). The summed E-state index contributed by atoms with van der Waals surface area (Å²) in [5.74, 6) is -0.616. The number of nitrogens with one attached hydrogen (secondary N) is 2. The van der Waals surface area contributed by atoms with Crippen LogP contribution in [0.15, 0.2) is 66.7 Å². The molecule has 0 bridgehead atoms. The lowest BCUT2D eigenvalue weighted by atomic mass is 10.1. The van der Waals surface area contributed by atoms with Gasteiger partial charge in [-0.25, -0.2) is 4.79 Å². The van der Waals surface area contributed by atoms with Crippen molar-refractivity contribution in [2.75, 3.05) is 24.4 Å². The van der Waals surface area contributed by atoms with Gasteiger partial charge in [-0.2, -0.15) is 0 Å². The highest BCUT2D eigenvalue weighted by Gasteiger charge is 2.16. The largest absolute Gasteiger partial charge is 0.497 e. The Morgan fingerprint density at radius 2 is 1.53 bits per heavy atom. The first-order valence-corrected chi connectivity index (χ1v) is 10.9. The summed E-state index contributed by atoms with van der Waals surface area (Å²) in [5.41, 5.74) is 4.18. The van der Waals surface area contributed by atoms with Crippen LogP contribution in [0.25, 0.3) is 0 Å². The van der Waals surface area contributed by atoms with Gasteiger partial charge < -0.3 is 20.1 Å². The van der Waals surface area contributed by atoms with Gasteiger partial charge in [0.05, 0.1) is 18.4 Å². The van der Waals surface area contributed by atoms with Gasteiger partial charge >= 0.3 is 5.97 Å². The van der Waals surface area contributed by atoms with Crippen molar-refractivity contribution in [1.29, 1.82) is 0 Å². The van der Waals surface area contributed by atoms with Crippen LogP contribution in [-0.4, -0.2) is 31.5 Å². The number of amides is 2. The fraction of sp³-hybridized carbons (Fsp3) is 0.222. The Bertz CT molecular complexity index is 1170. The summed E-state index contributed by atoms with van der Waals surface area (Å²) in [6.45, 7) is 3.42. The van der Waals surface area contributed by atoms with Crippen molar-refractivity contribution in [1.82, 2.24) is 0 Å². The lowest BCUT2D eigenvalue weighted by Crippen LogP contribution is -2.22. The van der Waals surface area contributed by atoms with Crippen LogP contribution in [0.2, 0.25) is 0 Å². The van der Waals surface area contributed by atoms with Crippen molar-refractivity contribution >= 4 is 29.2 Å². The van der Waals surface area contributed by atoms with E-state index in [-0.39, 0.29) is 17.9 Å². The average Bonchev–Trinajstić information content (AvgIpc) is 2.83. The normalized spacial score (nSPS) is 10.3. The van der Waals surface area contributed by atoms with Crippen LogP contribution in [0.3, 0.4) is 0 Å². The van der Waals surface area contributed by atoms with Gasteiger partial charge in [0.2, 0.25) is 5.91 Å². The van der Waals surface area contributed by atoms with E-state index in [4.69, 9.17) is 9.47 Å². The summed E-state index contributed by atoms with van der Waals surface area (Å²) in [7, 11) is 1.60. The summed E-state index contributed by atoms with van der Waals surface area (Å²) in [6, 6.07) is 19.7. The minimum atomic E-state index is -0.693. The van der Waals surface area contributed by atoms with E-state index < -0.39 is 18.5 Å². The number of hydrogen-bond donors (Lipinski definition) is 2. The predicted molar refractivity (Wildman–Crippen MR) is 131 cm³/mol. The molecule has 34 heavy (non-hydrogen) atoms. The molecule has 2 amide bonds. The van der Waals surface area contributed by atoms with E-state index in [2.05, 4.69) is 10.6 Å². The van der Waals surface area contributed by atoms with Crippen molar-refractivity contribution in [2.45, 2.75) is 26.7 Å².